The number of nitrogens with two attached hydrogens (primary N) is 1. The molecule has 5 rings (SSSR count). The van der Waals surface area contributed by atoms with Crippen molar-refractivity contribution in [1.29, 1.82) is 0 Å². The molecule has 1 atom stereocenters. The fourth-order valence-corrected chi connectivity index (χ4v) is 6.79. The fraction of sp³-hybridized carbons (Fsp3) is 0.548. The molecule has 2 aliphatic rings. The molecular weight excluding hydrogens is 626 g/mol. The molecule has 1 fully saturated rings. The van der Waals surface area contributed by atoms with E-state index >= 15 is 0 Å². The number of anilines is 2. The summed E-state index contributed by atoms with van der Waals surface area (Å²) in [6.45, 7) is 6.81. The number of alkyl halides is 6. The number of piperidine rings is 1. The minimum atomic E-state index is -4.96. The van der Waals surface area contributed by atoms with Gasteiger partial charge in [-0.15, -0.1) is 10.2 Å². The van der Waals surface area contributed by atoms with Crippen molar-refractivity contribution < 1.29 is 26.3 Å². The first-order valence-corrected chi connectivity index (χ1v) is 15.5. The minimum absolute atomic E-state index is 0.121. The highest BCUT2D eigenvalue weighted by molar-refractivity contribution is 5.77. The first-order chi connectivity index (χ1) is 22.1. The van der Waals surface area contributed by atoms with Crippen LogP contribution in [0.1, 0.15) is 65.1 Å². The van der Waals surface area contributed by atoms with E-state index in [-0.39, 0.29) is 24.1 Å². The van der Waals surface area contributed by atoms with Crippen LogP contribution in [0.4, 0.5) is 38.0 Å². The summed E-state index contributed by atoms with van der Waals surface area (Å²) in [7, 11) is 3.26. The van der Waals surface area contributed by atoms with Crippen LogP contribution in [0.15, 0.2) is 35.4 Å². The lowest BCUT2D eigenvalue weighted by atomic mass is 9.93. The Hall–Kier alpha value is -4.24. The highest BCUT2D eigenvalue weighted by Gasteiger charge is 2.38. The van der Waals surface area contributed by atoms with Crippen molar-refractivity contribution >= 4 is 17.6 Å². The second-order valence-electron chi connectivity index (χ2n) is 12.4. The predicted octanol–water partition coefficient (Wildman–Crippen LogP) is 5.37. The molecule has 0 amide bonds. The molecule has 2 aromatic carbocycles. The van der Waals surface area contributed by atoms with E-state index in [1.54, 1.807) is 19.0 Å². The number of hydrogen-bond donors (Lipinski definition) is 2. The molecule has 256 valence electrons. The average Bonchev–Trinajstić information content (AvgIpc) is 3.34. The van der Waals surface area contributed by atoms with Crippen molar-refractivity contribution in [3.8, 4) is 0 Å². The number of likely N-dealkylation sites (tertiary alicyclic amines) is 1. The van der Waals surface area contributed by atoms with E-state index < -0.39 is 29.5 Å². The second-order valence-corrected chi connectivity index (χ2v) is 12.4. The van der Waals surface area contributed by atoms with E-state index in [0.717, 1.165) is 80.0 Å². The van der Waals surface area contributed by atoms with Crippen LogP contribution in [0.25, 0.3) is 0 Å². The van der Waals surface area contributed by atoms with Gasteiger partial charge in [0.05, 0.1) is 24.2 Å². The first kappa shape index (κ1) is 34.1. The lowest BCUT2D eigenvalue weighted by Crippen LogP contribution is -2.45. The maximum atomic E-state index is 13.8. The van der Waals surface area contributed by atoms with Crippen molar-refractivity contribution in [2.45, 2.75) is 64.5 Å². The van der Waals surface area contributed by atoms with Crippen LogP contribution in [0.2, 0.25) is 0 Å². The molecule has 2 aliphatic heterocycles. The Kier molecular flexibility index (Phi) is 9.78. The smallest absolute Gasteiger partial charge is 0.371 e. The molecule has 16 heteroatoms. The number of tetrazole rings is 1. The zero-order valence-electron chi connectivity index (χ0n) is 26.8. The van der Waals surface area contributed by atoms with Crippen LogP contribution in [0, 0.1) is 19.8 Å². The molecule has 47 heavy (non-hydrogen) atoms. The Morgan fingerprint density at radius 2 is 1.64 bits per heavy atom. The van der Waals surface area contributed by atoms with E-state index in [0.29, 0.717) is 18.3 Å². The summed E-state index contributed by atoms with van der Waals surface area (Å²) >= 11 is 0. The molecule has 0 spiro atoms. The third kappa shape index (κ3) is 7.84. The maximum absolute atomic E-state index is 13.8. The monoisotopic (exact) mass is 666 g/mol. The van der Waals surface area contributed by atoms with Crippen LogP contribution in [-0.2, 0) is 25.9 Å². The van der Waals surface area contributed by atoms with Crippen molar-refractivity contribution in [2.75, 3.05) is 43.0 Å². The summed E-state index contributed by atoms with van der Waals surface area (Å²) in [5.74, 6) is 0.971. The van der Waals surface area contributed by atoms with Crippen LogP contribution in [0.5, 0.6) is 0 Å². The van der Waals surface area contributed by atoms with Gasteiger partial charge in [0.1, 0.15) is 0 Å². The third-order valence-corrected chi connectivity index (χ3v) is 8.83. The molecule has 1 unspecified atom stereocenters. The molecule has 1 aromatic heterocycles. The summed E-state index contributed by atoms with van der Waals surface area (Å²) in [6, 6.07) is 5.39. The first-order valence-electron chi connectivity index (χ1n) is 15.5. The Bertz CT molecular complexity index is 1540. The normalized spacial score (nSPS) is 18.3. The highest BCUT2D eigenvalue weighted by atomic mass is 19.4. The predicted molar refractivity (Wildman–Crippen MR) is 167 cm³/mol. The van der Waals surface area contributed by atoms with Gasteiger partial charge in [0.25, 0.3) is 5.95 Å². The van der Waals surface area contributed by atoms with E-state index in [9.17, 15) is 26.3 Å². The van der Waals surface area contributed by atoms with Crippen LogP contribution >= 0.6 is 0 Å². The number of hydrazone groups is 1. The van der Waals surface area contributed by atoms with Gasteiger partial charge in [0.15, 0.2) is 0 Å². The van der Waals surface area contributed by atoms with Crippen LogP contribution in [0.3, 0.4) is 0 Å². The quantitative estimate of drug-likeness (QED) is 0.150. The largest absolute Gasteiger partial charge is 0.416 e. The Morgan fingerprint density at radius 3 is 2.21 bits per heavy atom. The molecule has 0 radical (unpaired) electrons. The maximum Gasteiger partial charge on any atom is 0.416 e. The number of nitrogens with one attached hydrogen (secondary N) is 1. The van der Waals surface area contributed by atoms with Gasteiger partial charge < -0.3 is 25.9 Å². The highest BCUT2D eigenvalue weighted by Crippen LogP contribution is 2.43. The summed E-state index contributed by atoms with van der Waals surface area (Å²) < 4.78 is 82.7. The molecule has 0 aliphatic carbocycles. The summed E-state index contributed by atoms with van der Waals surface area (Å²) in [5.41, 5.74) is 9.91. The molecular formula is C31H40F6N10. The minimum Gasteiger partial charge on any atom is -0.371 e. The van der Waals surface area contributed by atoms with Crippen LogP contribution < -0.4 is 21.0 Å². The van der Waals surface area contributed by atoms with Gasteiger partial charge in [0.2, 0.25) is 5.96 Å². The molecule has 3 N–H and O–H groups in total. The van der Waals surface area contributed by atoms with Gasteiger partial charge in [0, 0.05) is 45.5 Å². The summed E-state index contributed by atoms with van der Waals surface area (Å²) in [6.07, 6.45) is -6.77. The van der Waals surface area contributed by atoms with Gasteiger partial charge in [-0.1, -0.05) is 22.8 Å². The number of halogens is 6. The number of fused-ring (bicyclic) bond motifs is 1. The average molecular weight is 667 g/mol. The molecule has 0 bridgehead atoms. The van der Waals surface area contributed by atoms with E-state index in [2.05, 4.69) is 47.9 Å². The summed E-state index contributed by atoms with van der Waals surface area (Å²) in [5, 5.41) is 16.6. The number of rotatable bonds is 7. The Labute approximate surface area is 269 Å². The lowest BCUT2D eigenvalue weighted by Gasteiger charge is -2.37. The number of aryl methyl sites for hydroxylation is 3. The second kappa shape index (κ2) is 13.5. The SMILES string of the molecule is CN/N=C(\N)N1CCC(CN2CCCC(N(Cc3cc(C(F)(F)F)cc(C(F)(F)F)c3)c3nnn(C)n3)c3cc(C)cc(C)c32)CC1. The van der Waals surface area contributed by atoms with Crippen molar-refractivity contribution in [1.82, 2.24) is 30.5 Å². The lowest BCUT2D eigenvalue weighted by molar-refractivity contribution is -0.143. The molecule has 10 nitrogen and oxygen atoms in total. The number of aromatic nitrogens is 4. The Balaban J connectivity index is 1.52. The molecule has 3 aromatic rings. The van der Waals surface area contributed by atoms with Gasteiger partial charge in [-0.05, 0) is 85.6 Å². The summed E-state index contributed by atoms with van der Waals surface area (Å²) in [4.78, 5) is 7.34. The molecule has 0 saturated carbocycles. The Morgan fingerprint density at radius 1 is 0.979 bits per heavy atom. The van der Waals surface area contributed by atoms with Crippen LogP contribution in [-0.4, -0.2) is 64.3 Å². The van der Waals surface area contributed by atoms with Gasteiger partial charge >= 0.3 is 12.4 Å². The third-order valence-electron chi connectivity index (χ3n) is 8.83. The van der Waals surface area contributed by atoms with Crippen molar-refractivity contribution in [2.24, 2.45) is 23.8 Å². The topological polar surface area (TPSA) is 104 Å². The van der Waals surface area contributed by atoms with E-state index in [1.165, 1.54) is 4.80 Å². The zero-order chi connectivity index (χ0) is 34.1. The van der Waals surface area contributed by atoms with E-state index in [1.807, 2.05) is 13.8 Å². The standard InChI is InChI=1S/C31H40F6N10/c1-19-12-20(2)27-25(13-19)26(6-5-9-46(27)17-21-7-10-45(11-8-21)28(38)40-39-3)47(29-41-43-44(4)42-29)18-22-14-23(30(32,33)34)16-24(15-22)31(35,36)37/h12-16,21,26,39H,5-11,17-18H2,1-4H3,(H2,38,40). The number of guanidine groups is 1. The van der Waals surface area contributed by atoms with Gasteiger partial charge in [-0.25, -0.2) is 0 Å². The number of nitrogens with zero attached hydrogens (tertiary/aromatic N) is 8. The van der Waals surface area contributed by atoms with Crippen molar-refractivity contribution in [3.05, 3.63) is 63.7 Å². The van der Waals surface area contributed by atoms with Gasteiger partial charge in [-0.3, -0.25) is 0 Å². The molecule has 1 saturated heterocycles. The zero-order valence-corrected chi connectivity index (χ0v) is 26.8. The van der Waals surface area contributed by atoms with Gasteiger partial charge in [-0.2, -0.15) is 31.1 Å². The number of hydrogen-bond acceptors (Lipinski definition) is 7. The van der Waals surface area contributed by atoms with E-state index in [4.69, 9.17) is 5.73 Å². The fourth-order valence-electron chi connectivity index (χ4n) is 6.79. The van der Waals surface area contributed by atoms with Crippen molar-refractivity contribution in [3.63, 3.8) is 0 Å². The molecule has 3 heterocycles. The number of benzene rings is 2.